The molecule has 0 saturated heterocycles. The van der Waals surface area contributed by atoms with Crippen molar-refractivity contribution in [2.45, 2.75) is 12.2 Å². The lowest BCUT2D eigenvalue weighted by molar-refractivity contribution is -0.132. The number of carbonyl (C=O) groups excluding carboxylic acids is 1. The number of aliphatic imine (C=N–C) groups is 1. The van der Waals surface area contributed by atoms with Gasteiger partial charge in [0.25, 0.3) is 0 Å². The maximum Gasteiger partial charge on any atom is 0.387 e. The summed E-state index contributed by atoms with van der Waals surface area (Å²) < 4.78 is 50.1. The summed E-state index contributed by atoms with van der Waals surface area (Å²) in [7, 11) is 0. The van der Waals surface area contributed by atoms with Crippen molar-refractivity contribution in [2.24, 2.45) is 4.99 Å². The molecule has 0 bridgehead atoms. The Bertz CT molecular complexity index is 1210. The second kappa shape index (κ2) is 9.41. The molecule has 0 aromatic heterocycles. The van der Waals surface area contributed by atoms with Crippen molar-refractivity contribution in [2.75, 3.05) is 6.61 Å². The van der Waals surface area contributed by atoms with Gasteiger partial charge in [-0.2, -0.15) is 14.3 Å². The monoisotopic (exact) mass is 476 g/mol. The van der Waals surface area contributed by atoms with Crippen LogP contribution < -0.4 is 10.2 Å². The number of halogens is 4. The second-order valence-electron chi connectivity index (χ2n) is 6.99. The first kappa shape index (κ1) is 22.5. The Morgan fingerprint density at radius 2 is 1.85 bits per heavy atom. The van der Waals surface area contributed by atoms with E-state index in [0.29, 0.717) is 10.6 Å². The van der Waals surface area contributed by atoms with E-state index >= 15 is 4.39 Å². The minimum atomic E-state index is -3.09. The van der Waals surface area contributed by atoms with Crippen molar-refractivity contribution in [3.05, 3.63) is 88.7 Å². The van der Waals surface area contributed by atoms with E-state index < -0.39 is 18.0 Å². The topological polar surface area (TPSA) is 69.2 Å². The number of amidine groups is 1. The molecule has 0 spiro atoms. The van der Waals surface area contributed by atoms with Crippen LogP contribution in [0.3, 0.4) is 0 Å². The molecule has 1 heterocycles. The van der Waals surface area contributed by atoms with Gasteiger partial charge >= 0.3 is 19.1 Å². The van der Waals surface area contributed by atoms with Crippen LogP contribution in [0.15, 0.2) is 71.7 Å². The SMILES string of the molecule is O=CONC1=NC(c2cccc(-c3cccc(Cl)c3)c2)(c2ccc(OC(F)F)cc2F)CO1. The molecule has 0 amide bonds. The Morgan fingerprint density at radius 1 is 1.09 bits per heavy atom. The van der Waals surface area contributed by atoms with Crippen molar-refractivity contribution in [3.8, 4) is 16.9 Å². The highest BCUT2D eigenvalue weighted by molar-refractivity contribution is 6.30. The van der Waals surface area contributed by atoms with E-state index in [2.05, 4.69) is 20.0 Å². The van der Waals surface area contributed by atoms with Gasteiger partial charge in [0.15, 0.2) is 5.54 Å². The summed E-state index contributed by atoms with van der Waals surface area (Å²) in [4.78, 5) is 19.5. The molecule has 0 radical (unpaired) electrons. The van der Waals surface area contributed by atoms with Gasteiger partial charge in [-0.05, 0) is 47.0 Å². The van der Waals surface area contributed by atoms with Crippen molar-refractivity contribution in [3.63, 3.8) is 0 Å². The summed E-state index contributed by atoms with van der Waals surface area (Å²) in [6, 6.07) is 17.6. The fraction of sp³-hybridized carbons (Fsp3) is 0.130. The molecule has 3 aromatic rings. The predicted octanol–water partition coefficient (Wildman–Crippen LogP) is 5.05. The highest BCUT2D eigenvalue weighted by Gasteiger charge is 2.43. The van der Waals surface area contributed by atoms with Crippen LogP contribution in [0.1, 0.15) is 11.1 Å². The van der Waals surface area contributed by atoms with Gasteiger partial charge in [-0.15, -0.1) is 0 Å². The molecule has 1 aliphatic rings. The zero-order chi connectivity index (χ0) is 23.4. The van der Waals surface area contributed by atoms with Crippen molar-refractivity contribution in [1.82, 2.24) is 5.48 Å². The van der Waals surface area contributed by atoms with E-state index in [1.54, 1.807) is 36.4 Å². The molecule has 4 rings (SSSR count). The molecule has 1 unspecified atom stereocenters. The van der Waals surface area contributed by atoms with E-state index in [1.165, 1.54) is 12.1 Å². The van der Waals surface area contributed by atoms with Gasteiger partial charge in [0.05, 0.1) is 0 Å². The fourth-order valence-corrected chi connectivity index (χ4v) is 3.80. The smallest absolute Gasteiger partial charge is 0.387 e. The maximum atomic E-state index is 15.2. The maximum absolute atomic E-state index is 15.2. The summed E-state index contributed by atoms with van der Waals surface area (Å²) in [5.41, 5.74) is 3.03. The lowest BCUT2D eigenvalue weighted by atomic mass is 9.82. The molecule has 6 nitrogen and oxygen atoms in total. The van der Waals surface area contributed by atoms with Crippen molar-refractivity contribution >= 4 is 24.1 Å². The summed E-state index contributed by atoms with van der Waals surface area (Å²) in [5, 5.41) is 0.549. The second-order valence-corrected chi connectivity index (χ2v) is 7.43. The molecular weight excluding hydrogens is 461 g/mol. The van der Waals surface area contributed by atoms with E-state index in [4.69, 9.17) is 16.3 Å². The molecule has 170 valence electrons. The van der Waals surface area contributed by atoms with Crippen LogP contribution in [0, 0.1) is 5.82 Å². The Morgan fingerprint density at radius 3 is 2.55 bits per heavy atom. The molecule has 1 aliphatic heterocycles. The highest BCUT2D eigenvalue weighted by atomic mass is 35.5. The normalized spacial score (nSPS) is 17.3. The van der Waals surface area contributed by atoms with Crippen LogP contribution in [0.5, 0.6) is 5.75 Å². The van der Waals surface area contributed by atoms with Crippen LogP contribution in [-0.4, -0.2) is 25.7 Å². The Balaban J connectivity index is 1.83. The van der Waals surface area contributed by atoms with Gasteiger partial charge in [0.1, 0.15) is 18.2 Å². The quantitative estimate of drug-likeness (QED) is 0.381. The first-order valence-electron chi connectivity index (χ1n) is 9.60. The van der Waals surface area contributed by atoms with Crippen LogP contribution in [0.2, 0.25) is 5.02 Å². The number of alkyl halides is 2. The third kappa shape index (κ3) is 4.73. The molecule has 0 saturated carbocycles. The molecular formula is C23H16ClF3N2O4. The zero-order valence-corrected chi connectivity index (χ0v) is 17.6. The fourth-order valence-electron chi connectivity index (χ4n) is 3.61. The molecule has 0 aliphatic carbocycles. The Labute approximate surface area is 191 Å². The third-order valence-corrected chi connectivity index (χ3v) is 5.25. The summed E-state index contributed by atoms with van der Waals surface area (Å²) in [6.45, 7) is -3.10. The number of nitrogens with zero attached hydrogens (tertiary/aromatic N) is 1. The Kier molecular flexibility index (Phi) is 6.41. The van der Waals surface area contributed by atoms with E-state index in [9.17, 15) is 13.6 Å². The van der Waals surface area contributed by atoms with Crippen LogP contribution in [-0.2, 0) is 19.9 Å². The lowest BCUT2D eigenvalue weighted by Gasteiger charge is -2.26. The highest BCUT2D eigenvalue weighted by Crippen LogP contribution is 2.41. The number of hydrogen-bond acceptors (Lipinski definition) is 6. The van der Waals surface area contributed by atoms with E-state index in [0.717, 1.165) is 17.2 Å². The molecule has 33 heavy (non-hydrogen) atoms. The molecule has 10 heteroatoms. The largest absolute Gasteiger partial charge is 0.460 e. The molecule has 1 N–H and O–H groups in total. The standard InChI is InChI=1S/C23H16ClF3N2O4/c24-17-6-2-4-15(10-17)14-3-1-5-16(9-14)23(12-31-22(28-23)29-32-13-30)19-8-7-18(11-20(19)25)33-21(26)27/h1-11,13,21H,12H2,(H,28,29). The summed E-state index contributed by atoms with van der Waals surface area (Å²) in [5.74, 6) is -1.16. The average molecular weight is 477 g/mol. The number of nitrogens with one attached hydrogen (secondary N) is 1. The molecule has 0 fully saturated rings. The average Bonchev–Trinajstić information content (AvgIpc) is 3.22. The number of carbonyl (C=O) groups is 1. The van der Waals surface area contributed by atoms with Gasteiger partial charge in [-0.1, -0.05) is 41.9 Å². The number of ether oxygens (including phenoxy) is 2. The number of benzene rings is 3. The van der Waals surface area contributed by atoms with Gasteiger partial charge in [-0.25, -0.2) is 9.38 Å². The van der Waals surface area contributed by atoms with Gasteiger partial charge < -0.3 is 14.3 Å². The third-order valence-electron chi connectivity index (χ3n) is 5.01. The number of hydroxylamine groups is 1. The van der Waals surface area contributed by atoms with E-state index in [1.807, 2.05) is 12.1 Å². The van der Waals surface area contributed by atoms with Gasteiger partial charge in [-0.3, -0.25) is 4.79 Å². The number of hydrogen-bond donors (Lipinski definition) is 1. The van der Waals surface area contributed by atoms with Gasteiger partial charge in [0, 0.05) is 16.7 Å². The predicted molar refractivity (Wildman–Crippen MR) is 114 cm³/mol. The number of rotatable bonds is 7. The first-order valence-corrected chi connectivity index (χ1v) is 9.98. The van der Waals surface area contributed by atoms with E-state index in [-0.39, 0.29) is 30.4 Å². The van der Waals surface area contributed by atoms with Gasteiger partial charge in [0.2, 0.25) is 0 Å². The molecule has 1 atom stereocenters. The summed E-state index contributed by atoms with van der Waals surface area (Å²) in [6.07, 6.45) is 0. The Hall–Kier alpha value is -3.72. The van der Waals surface area contributed by atoms with Crippen LogP contribution >= 0.6 is 11.6 Å². The summed E-state index contributed by atoms with van der Waals surface area (Å²) >= 11 is 6.12. The first-order chi connectivity index (χ1) is 15.9. The molecule has 3 aromatic carbocycles. The van der Waals surface area contributed by atoms with Crippen molar-refractivity contribution < 1.29 is 32.3 Å². The lowest BCUT2D eigenvalue weighted by Crippen LogP contribution is -2.28. The van der Waals surface area contributed by atoms with Crippen LogP contribution in [0.4, 0.5) is 13.2 Å². The van der Waals surface area contributed by atoms with Crippen LogP contribution in [0.25, 0.3) is 11.1 Å². The minimum absolute atomic E-state index is 0.0512. The van der Waals surface area contributed by atoms with Crippen molar-refractivity contribution in [1.29, 1.82) is 0 Å². The minimum Gasteiger partial charge on any atom is -0.460 e. The zero-order valence-electron chi connectivity index (χ0n) is 16.8.